The van der Waals surface area contributed by atoms with Gasteiger partial charge in [-0.1, -0.05) is 6.07 Å². The molecule has 19 heavy (non-hydrogen) atoms. The highest BCUT2D eigenvalue weighted by molar-refractivity contribution is 5.94. The van der Waals surface area contributed by atoms with E-state index in [2.05, 4.69) is 0 Å². The molecular weight excluding hydrogens is 257 g/mol. The molecule has 1 fully saturated rings. The highest BCUT2D eigenvalue weighted by Crippen LogP contribution is 2.35. The summed E-state index contributed by atoms with van der Waals surface area (Å²) in [5.74, 6) is -0.125. The number of halogens is 3. The molecule has 0 saturated carbocycles. The summed E-state index contributed by atoms with van der Waals surface area (Å²) in [7, 11) is 0. The largest absolute Gasteiger partial charge is 0.416 e. The molecule has 1 saturated heterocycles. The Morgan fingerprint density at radius 3 is 2.58 bits per heavy atom. The van der Waals surface area contributed by atoms with E-state index in [0.717, 1.165) is 18.9 Å². The van der Waals surface area contributed by atoms with Crippen LogP contribution in [0.2, 0.25) is 0 Å². The second-order valence-electron chi connectivity index (χ2n) is 4.55. The van der Waals surface area contributed by atoms with Crippen LogP contribution in [0.4, 0.5) is 18.9 Å². The van der Waals surface area contributed by atoms with E-state index in [1.54, 1.807) is 0 Å². The standard InChI is InChI=1S/C13H15F3N2O/c14-13(15,16)11-7-10(5-4-9(11)8-17)18-6-2-1-3-12(18)19/h4-5,7H,1-3,6,8,17H2. The third-order valence-corrected chi connectivity index (χ3v) is 3.25. The van der Waals surface area contributed by atoms with Crippen molar-refractivity contribution < 1.29 is 18.0 Å². The molecule has 2 rings (SSSR count). The van der Waals surface area contributed by atoms with E-state index in [-0.39, 0.29) is 18.0 Å². The minimum absolute atomic E-state index is 0.0423. The van der Waals surface area contributed by atoms with Crippen molar-refractivity contribution in [3.05, 3.63) is 29.3 Å². The zero-order valence-electron chi connectivity index (χ0n) is 10.3. The Morgan fingerprint density at radius 2 is 2.00 bits per heavy atom. The molecule has 0 bridgehead atoms. The molecule has 1 aromatic carbocycles. The van der Waals surface area contributed by atoms with Crippen LogP contribution in [-0.4, -0.2) is 12.5 Å². The summed E-state index contributed by atoms with van der Waals surface area (Å²) < 4.78 is 38.8. The first-order chi connectivity index (χ1) is 8.93. The van der Waals surface area contributed by atoms with Gasteiger partial charge in [-0.2, -0.15) is 13.2 Å². The average molecular weight is 272 g/mol. The molecule has 1 aliphatic heterocycles. The number of carbonyl (C=O) groups excluding carboxylic acids is 1. The zero-order valence-corrected chi connectivity index (χ0v) is 10.3. The Bertz CT molecular complexity index is 485. The monoisotopic (exact) mass is 272 g/mol. The topological polar surface area (TPSA) is 46.3 Å². The van der Waals surface area contributed by atoms with Crippen LogP contribution < -0.4 is 10.6 Å². The summed E-state index contributed by atoms with van der Waals surface area (Å²) in [5.41, 5.74) is 4.91. The van der Waals surface area contributed by atoms with Crippen molar-refractivity contribution in [1.82, 2.24) is 0 Å². The van der Waals surface area contributed by atoms with Crippen LogP contribution in [0.3, 0.4) is 0 Å². The first-order valence-corrected chi connectivity index (χ1v) is 6.14. The van der Waals surface area contributed by atoms with Gasteiger partial charge in [-0.3, -0.25) is 4.79 Å². The van der Waals surface area contributed by atoms with Crippen molar-refractivity contribution in [2.45, 2.75) is 32.0 Å². The number of piperidine rings is 1. The van der Waals surface area contributed by atoms with Gasteiger partial charge in [0.2, 0.25) is 5.91 Å². The van der Waals surface area contributed by atoms with Gasteiger partial charge in [-0.25, -0.2) is 0 Å². The predicted octanol–water partition coefficient (Wildman–Crippen LogP) is 2.68. The van der Waals surface area contributed by atoms with Crippen molar-refractivity contribution >= 4 is 11.6 Å². The smallest absolute Gasteiger partial charge is 0.326 e. The van der Waals surface area contributed by atoms with Crippen LogP contribution in [0, 0.1) is 0 Å². The van der Waals surface area contributed by atoms with Crippen LogP contribution in [0.15, 0.2) is 18.2 Å². The van der Waals surface area contributed by atoms with E-state index in [1.807, 2.05) is 0 Å². The number of benzene rings is 1. The Hall–Kier alpha value is -1.56. The lowest BCUT2D eigenvalue weighted by atomic mass is 10.0. The molecule has 6 heteroatoms. The molecule has 2 N–H and O–H groups in total. The Balaban J connectivity index is 2.40. The maximum absolute atomic E-state index is 12.9. The number of nitrogens with zero attached hydrogens (tertiary/aromatic N) is 1. The summed E-state index contributed by atoms with van der Waals surface area (Å²) in [6.45, 7) is 0.293. The third kappa shape index (κ3) is 2.89. The lowest BCUT2D eigenvalue weighted by molar-refractivity contribution is -0.138. The van der Waals surface area contributed by atoms with E-state index >= 15 is 0 Å². The highest BCUT2D eigenvalue weighted by atomic mass is 19.4. The summed E-state index contributed by atoms with van der Waals surface area (Å²) in [4.78, 5) is 13.1. The van der Waals surface area contributed by atoms with Crippen LogP contribution in [0.25, 0.3) is 0 Å². The molecule has 0 aromatic heterocycles. The van der Waals surface area contributed by atoms with Gasteiger partial charge >= 0.3 is 6.18 Å². The molecule has 1 aromatic rings. The highest BCUT2D eigenvalue weighted by Gasteiger charge is 2.34. The number of hydrogen-bond acceptors (Lipinski definition) is 2. The van der Waals surface area contributed by atoms with Gasteiger partial charge in [0.05, 0.1) is 5.56 Å². The molecule has 0 radical (unpaired) electrons. The average Bonchev–Trinajstić information content (AvgIpc) is 2.37. The number of amides is 1. The fraction of sp³-hybridized carbons (Fsp3) is 0.462. The number of hydrogen-bond donors (Lipinski definition) is 1. The van der Waals surface area contributed by atoms with Crippen LogP contribution in [-0.2, 0) is 17.5 Å². The van der Waals surface area contributed by atoms with Crippen molar-refractivity contribution in [2.75, 3.05) is 11.4 Å². The molecule has 3 nitrogen and oxygen atoms in total. The molecule has 1 heterocycles. The zero-order chi connectivity index (χ0) is 14.0. The molecule has 0 aliphatic carbocycles. The Labute approximate surface area is 109 Å². The van der Waals surface area contributed by atoms with E-state index in [0.29, 0.717) is 18.7 Å². The third-order valence-electron chi connectivity index (χ3n) is 3.25. The maximum atomic E-state index is 12.9. The number of anilines is 1. The number of carbonyl (C=O) groups is 1. The van der Waals surface area contributed by atoms with Gasteiger partial charge in [0.1, 0.15) is 0 Å². The Morgan fingerprint density at radius 1 is 1.26 bits per heavy atom. The van der Waals surface area contributed by atoms with E-state index < -0.39 is 11.7 Å². The van der Waals surface area contributed by atoms with Gasteiger partial charge in [0, 0.05) is 25.2 Å². The molecule has 0 unspecified atom stereocenters. The first-order valence-electron chi connectivity index (χ1n) is 6.14. The summed E-state index contributed by atoms with van der Waals surface area (Å²) >= 11 is 0. The summed E-state index contributed by atoms with van der Waals surface area (Å²) in [5, 5.41) is 0. The van der Waals surface area contributed by atoms with Crippen LogP contribution >= 0.6 is 0 Å². The SMILES string of the molecule is NCc1ccc(N2CCCCC2=O)cc1C(F)(F)F. The fourth-order valence-electron chi connectivity index (χ4n) is 2.25. The first kappa shape index (κ1) is 13.9. The van der Waals surface area contributed by atoms with Crippen LogP contribution in [0.1, 0.15) is 30.4 Å². The molecule has 1 aliphatic rings. The Kier molecular flexibility index (Phi) is 3.80. The van der Waals surface area contributed by atoms with Gasteiger partial charge in [-0.15, -0.1) is 0 Å². The fourth-order valence-corrected chi connectivity index (χ4v) is 2.25. The van der Waals surface area contributed by atoms with E-state index in [9.17, 15) is 18.0 Å². The molecule has 104 valence electrons. The number of rotatable bonds is 2. The van der Waals surface area contributed by atoms with Crippen molar-refractivity contribution in [3.8, 4) is 0 Å². The summed E-state index contributed by atoms with van der Waals surface area (Å²) in [6.07, 6.45) is -2.46. The van der Waals surface area contributed by atoms with E-state index in [1.165, 1.54) is 17.0 Å². The maximum Gasteiger partial charge on any atom is 0.416 e. The van der Waals surface area contributed by atoms with Crippen molar-refractivity contribution in [3.63, 3.8) is 0 Å². The minimum Gasteiger partial charge on any atom is -0.326 e. The van der Waals surface area contributed by atoms with Crippen molar-refractivity contribution in [2.24, 2.45) is 5.73 Å². The van der Waals surface area contributed by atoms with Gasteiger partial charge < -0.3 is 10.6 Å². The number of alkyl halides is 3. The minimum atomic E-state index is -4.45. The second-order valence-corrected chi connectivity index (χ2v) is 4.55. The van der Waals surface area contributed by atoms with Crippen LogP contribution in [0.5, 0.6) is 0 Å². The normalized spacial score (nSPS) is 16.8. The number of nitrogens with two attached hydrogens (primary N) is 1. The molecule has 1 amide bonds. The lowest BCUT2D eigenvalue weighted by Crippen LogP contribution is -2.35. The van der Waals surface area contributed by atoms with Gasteiger partial charge in [0.25, 0.3) is 0 Å². The quantitative estimate of drug-likeness (QED) is 0.899. The second kappa shape index (κ2) is 5.21. The predicted molar refractivity (Wildman–Crippen MR) is 65.5 cm³/mol. The van der Waals surface area contributed by atoms with Crippen molar-refractivity contribution in [1.29, 1.82) is 0 Å². The summed E-state index contributed by atoms with van der Waals surface area (Å²) in [6, 6.07) is 3.89. The van der Waals surface area contributed by atoms with Gasteiger partial charge in [0.15, 0.2) is 0 Å². The molecule has 0 atom stereocenters. The molecule has 0 spiro atoms. The molecular formula is C13H15F3N2O. The van der Waals surface area contributed by atoms with Gasteiger partial charge in [-0.05, 0) is 30.5 Å². The lowest BCUT2D eigenvalue weighted by Gasteiger charge is -2.27. The van der Waals surface area contributed by atoms with E-state index in [4.69, 9.17) is 5.73 Å².